The molecule has 1 aliphatic heterocycles. The summed E-state index contributed by atoms with van der Waals surface area (Å²) in [6.07, 6.45) is 2.32. The number of ether oxygens (including phenoxy) is 2. The molecule has 0 aliphatic carbocycles. The molecular formula is C10H22O5Si. The normalized spacial score (nSPS) is 20.8. The summed E-state index contributed by atoms with van der Waals surface area (Å²) in [7, 11) is 2.48. The highest BCUT2D eigenvalue weighted by molar-refractivity contribution is 6.60. The topological polar surface area (TPSA) is 46.2 Å². The Hall–Kier alpha value is 0.0169. The summed E-state index contributed by atoms with van der Waals surface area (Å²) in [4.78, 5) is 0. The van der Waals surface area contributed by atoms with Crippen LogP contribution in [-0.2, 0) is 22.8 Å². The van der Waals surface area contributed by atoms with Crippen LogP contribution in [0.4, 0.5) is 0 Å². The summed E-state index contributed by atoms with van der Waals surface area (Å²) in [6.45, 7) is 2.27. The van der Waals surface area contributed by atoms with Crippen molar-refractivity contribution in [3.63, 3.8) is 0 Å². The van der Waals surface area contributed by atoms with Gasteiger partial charge in [0.1, 0.15) is 0 Å². The maximum Gasteiger partial charge on any atom is 0.500 e. The van der Waals surface area contributed by atoms with Gasteiger partial charge in [0.05, 0.1) is 12.7 Å². The number of hydrogen-bond acceptors (Lipinski definition) is 5. The Labute approximate surface area is 98.3 Å². The van der Waals surface area contributed by atoms with E-state index in [-0.39, 0.29) is 0 Å². The van der Waals surface area contributed by atoms with Crippen molar-refractivity contribution in [1.29, 1.82) is 0 Å². The van der Waals surface area contributed by atoms with Gasteiger partial charge in [0.15, 0.2) is 0 Å². The van der Waals surface area contributed by atoms with Crippen molar-refractivity contribution >= 4 is 8.80 Å². The third-order valence-corrected chi connectivity index (χ3v) is 5.63. The second kappa shape index (κ2) is 7.36. The zero-order valence-electron chi connectivity index (χ0n) is 10.4. The first-order valence-corrected chi connectivity index (χ1v) is 7.54. The van der Waals surface area contributed by atoms with Crippen LogP contribution in [0, 0.1) is 0 Å². The minimum atomic E-state index is -2.40. The number of hydrogen-bond donors (Lipinski definition) is 0. The summed E-state index contributed by atoms with van der Waals surface area (Å²) in [5.74, 6) is 0. The molecular weight excluding hydrogens is 228 g/mol. The average molecular weight is 250 g/mol. The molecule has 0 aromatic heterocycles. The molecule has 1 unspecified atom stereocenters. The van der Waals surface area contributed by atoms with Gasteiger partial charge >= 0.3 is 8.80 Å². The predicted molar refractivity (Wildman–Crippen MR) is 61.4 cm³/mol. The van der Waals surface area contributed by atoms with Crippen molar-refractivity contribution in [2.75, 3.05) is 41.2 Å². The molecule has 96 valence electrons. The van der Waals surface area contributed by atoms with Crippen molar-refractivity contribution in [1.82, 2.24) is 0 Å². The van der Waals surface area contributed by atoms with Gasteiger partial charge in [-0.3, -0.25) is 0 Å². The minimum absolute atomic E-state index is 0.314. The molecule has 1 fully saturated rings. The Balaban J connectivity index is 2.03. The lowest BCUT2D eigenvalue weighted by atomic mass is 10.2. The lowest BCUT2D eigenvalue weighted by Gasteiger charge is -2.26. The first-order valence-electron chi connectivity index (χ1n) is 5.61. The molecule has 0 aromatic rings. The summed E-state index contributed by atoms with van der Waals surface area (Å²) < 4.78 is 26.7. The fourth-order valence-electron chi connectivity index (χ4n) is 1.58. The molecule has 1 saturated heterocycles. The van der Waals surface area contributed by atoms with E-state index in [2.05, 4.69) is 0 Å². The highest BCUT2D eigenvalue weighted by Crippen LogP contribution is 2.15. The van der Waals surface area contributed by atoms with Gasteiger partial charge in [-0.05, 0) is 12.8 Å². The molecule has 0 bridgehead atoms. The van der Waals surface area contributed by atoms with Crippen LogP contribution in [0.3, 0.4) is 0 Å². The minimum Gasteiger partial charge on any atom is -0.379 e. The zero-order valence-corrected chi connectivity index (χ0v) is 11.4. The second-order valence-electron chi connectivity index (χ2n) is 3.76. The van der Waals surface area contributed by atoms with Gasteiger partial charge < -0.3 is 22.8 Å². The van der Waals surface area contributed by atoms with E-state index in [0.717, 1.165) is 25.5 Å². The SMILES string of the molecule is CO[Si](CCCOCC1CCO1)(OC)OC. The smallest absolute Gasteiger partial charge is 0.379 e. The standard InChI is InChI=1S/C10H22O5Si/c1-11-16(12-2,13-3)8-4-6-14-9-10-5-7-15-10/h10H,4-9H2,1-3H3. The van der Waals surface area contributed by atoms with Crippen molar-refractivity contribution in [2.24, 2.45) is 0 Å². The molecule has 16 heavy (non-hydrogen) atoms. The Bertz CT molecular complexity index is 174. The first-order chi connectivity index (χ1) is 7.76. The van der Waals surface area contributed by atoms with Crippen LogP contribution < -0.4 is 0 Å². The fraction of sp³-hybridized carbons (Fsp3) is 1.00. The maximum absolute atomic E-state index is 5.50. The van der Waals surface area contributed by atoms with Gasteiger partial charge in [-0.15, -0.1) is 0 Å². The lowest BCUT2D eigenvalue weighted by molar-refractivity contribution is -0.0937. The van der Waals surface area contributed by atoms with Crippen LogP contribution >= 0.6 is 0 Å². The highest BCUT2D eigenvalue weighted by Gasteiger charge is 2.36. The van der Waals surface area contributed by atoms with E-state index in [1.807, 2.05) is 0 Å². The van der Waals surface area contributed by atoms with Crippen molar-refractivity contribution in [3.05, 3.63) is 0 Å². The van der Waals surface area contributed by atoms with Gasteiger partial charge in [-0.25, -0.2) is 0 Å². The molecule has 0 N–H and O–H groups in total. The van der Waals surface area contributed by atoms with E-state index in [0.29, 0.717) is 19.3 Å². The monoisotopic (exact) mass is 250 g/mol. The fourth-order valence-corrected chi connectivity index (χ4v) is 3.27. The number of rotatable bonds is 9. The van der Waals surface area contributed by atoms with Crippen LogP contribution in [0.5, 0.6) is 0 Å². The van der Waals surface area contributed by atoms with E-state index < -0.39 is 8.80 Å². The summed E-state index contributed by atoms with van der Waals surface area (Å²) in [5, 5.41) is 0. The van der Waals surface area contributed by atoms with Gasteiger partial charge in [0.25, 0.3) is 0 Å². The van der Waals surface area contributed by atoms with Gasteiger partial charge in [0, 0.05) is 40.6 Å². The largest absolute Gasteiger partial charge is 0.500 e. The highest BCUT2D eigenvalue weighted by atomic mass is 28.4. The Morgan fingerprint density at radius 3 is 2.25 bits per heavy atom. The maximum atomic E-state index is 5.50. The van der Waals surface area contributed by atoms with Crippen LogP contribution in [0.1, 0.15) is 12.8 Å². The van der Waals surface area contributed by atoms with Crippen molar-refractivity contribution in [2.45, 2.75) is 25.0 Å². The van der Waals surface area contributed by atoms with Gasteiger partial charge in [-0.2, -0.15) is 0 Å². The predicted octanol–water partition coefficient (Wildman–Crippen LogP) is 1.06. The van der Waals surface area contributed by atoms with Crippen LogP contribution in [0.25, 0.3) is 0 Å². The van der Waals surface area contributed by atoms with Crippen LogP contribution in [-0.4, -0.2) is 56.1 Å². The molecule has 1 aliphatic rings. The van der Waals surface area contributed by atoms with Crippen molar-refractivity contribution < 1.29 is 22.8 Å². The molecule has 1 rings (SSSR count). The lowest BCUT2D eigenvalue weighted by Crippen LogP contribution is -2.42. The summed E-state index contributed by atoms with van der Waals surface area (Å²) in [6, 6.07) is 0.780. The summed E-state index contributed by atoms with van der Waals surface area (Å²) in [5.41, 5.74) is 0. The molecule has 0 aromatic carbocycles. The van der Waals surface area contributed by atoms with Crippen LogP contribution in [0.15, 0.2) is 0 Å². The molecule has 5 nitrogen and oxygen atoms in total. The quantitative estimate of drug-likeness (QED) is 0.452. The average Bonchev–Trinajstić information content (AvgIpc) is 2.27. The van der Waals surface area contributed by atoms with E-state index >= 15 is 0 Å². The van der Waals surface area contributed by atoms with E-state index in [1.54, 1.807) is 21.3 Å². The van der Waals surface area contributed by atoms with Crippen LogP contribution in [0.2, 0.25) is 6.04 Å². The van der Waals surface area contributed by atoms with Crippen molar-refractivity contribution in [3.8, 4) is 0 Å². The molecule has 1 atom stereocenters. The van der Waals surface area contributed by atoms with Gasteiger partial charge in [-0.1, -0.05) is 0 Å². The molecule has 1 heterocycles. The third kappa shape index (κ3) is 4.12. The molecule has 0 radical (unpaired) electrons. The molecule has 6 heteroatoms. The Morgan fingerprint density at radius 2 is 1.81 bits per heavy atom. The molecule has 0 amide bonds. The van der Waals surface area contributed by atoms with Gasteiger partial charge in [0.2, 0.25) is 0 Å². The first kappa shape index (κ1) is 14.1. The Morgan fingerprint density at radius 1 is 1.19 bits per heavy atom. The van der Waals surface area contributed by atoms with E-state index in [1.165, 1.54) is 0 Å². The Kier molecular flexibility index (Phi) is 6.48. The summed E-state index contributed by atoms with van der Waals surface area (Å²) >= 11 is 0. The zero-order chi connectivity index (χ0) is 11.9. The second-order valence-corrected chi connectivity index (χ2v) is 6.85. The van der Waals surface area contributed by atoms with E-state index in [9.17, 15) is 0 Å². The third-order valence-electron chi connectivity index (χ3n) is 2.80. The van der Waals surface area contributed by atoms with E-state index in [4.69, 9.17) is 22.8 Å². The molecule has 0 spiro atoms. The molecule has 0 saturated carbocycles.